The van der Waals surface area contributed by atoms with E-state index in [4.69, 9.17) is 0 Å². The first-order valence-electron chi connectivity index (χ1n) is 9.36. The van der Waals surface area contributed by atoms with E-state index < -0.39 is 0 Å². The minimum Gasteiger partial charge on any atom is -1.00 e. The number of allylic oxidation sites excluding steroid dienone is 2. The van der Waals surface area contributed by atoms with E-state index in [1.54, 1.807) is 0 Å². The Balaban J connectivity index is 0.00000240. The van der Waals surface area contributed by atoms with Crippen molar-refractivity contribution in [3.8, 4) is 0 Å². The maximum absolute atomic E-state index is 9.30. The third-order valence-electron chi connectivity index (χ3n) is 4.82. The maximum Gasteiger partial charge on any atom is 0.213 e. The molecule has 1 aromatic heterocycles. The lowest BCUT2D eigenvalue weighted by Crippen LogP contribution is -3.00. The molecule has 0 bridgehead atoms. The maximum atomic E-state index is 9.30. The number of para-hydroxylation sites is 1. The van der Waals surface area contributed by atoms with Crippen LogP contribution in [0.4, 0.5) is 5.69 Å². The summed E-state index contributed by atoms with van der Waals surface area (Å²) in [5.41, 5.74) is 3.57. The van der Waals surface area contributed by atoms with E-state index in [0.29, 0.717) is 6.54 Å². The number of benzene rings is 2. The number of halogens is 2. The fraction of sp³-hybridized carbons (Fsp3) is 0.174. The molecule has 1 aliphatic heterocycles. The van der Waals surface area contributed by atoms with Crippen LogP contribution in [0.5, 0.6) is 0 Å². The standard InChI is InChI=1S/C23H22BrN2OS.BrH/c1-2-26-21-16-18(24)10-11-22(21)28-23(26)9-5-6-17-12-13-25(14-15-27)20-8-4-3-7-19(17)20;/h3-13,16,27H,2,14-15H2,1H3;1H/q+1;/p-1. The highest BCUT2D eigenvalue weighted by atomic mass is 79.9. The Bertz CT molecular complexity index is 1080. The summed E-state index contributed by atoms with van der Waals surface area (Å²) >= 11 is 5.39. The number of anilines is 1. The first kappa shape index (κ1) is 22.1. The van der Waals surface area contributed by atoms with E-state index in [-0.39, 0.29) is 23.6 Å². The van der Waals surface area contributed by atoms with Crippen LogP contribution in [-0.4, -0.2) is 18.3 Å². The average molecular weight is 534 g/mol. The summed E-state index contributed by atoms with van der Waals surface area (Å²) in [6, 6.07) is 16.9. The van der Waals surface area contributed by atoms with E-state index in [1.807, 2.05) is 24.0 Å². The number of pyridine rings is 1. The van der Waals surface area contributed by atoms with E-state index in [0.717, 1.165) is 16.5 Å². The van der Waals surface area contributed by atoms with Gasteiger partial charge in [-0.25, -0.2) is 0 Å². The van der Waals surface area contributed by atoms with E-state index in [9.17, 15) is 5.11 Å². The van der Waals surface area contributed by atoms with Crippen molar-refractivity contribution in [2.75, 3.05) is 18.1 Å². The second-order valence-electron chi connectivity index (χ2n) is 6.53. The predicted octanol–water partition coefficient (Wildman–Crippen LogP) is 2.37. The largest absolute Gasteiger partial charge is 1.00 e. The third kappa shape index (κ3) is 4.61. The molecule has 0 spiro atoms. The van der Waals surface area contributed by atoms with Crippen LogP contribution in [-0.2, 0) is 6.54 Å². The SMILES string of the molecule is CCN1C(=CC=Cc2cc[n+](CCO)c3ccccc23)Sc2ccc(Br)cc21.[Br-]. The third-order valence-corrected chi connectivity index (χ3v) is 6.45. The number of thioether (sulfide) groups is 1. The van der Waals surface area contributed by atoms with Gasteiger partial charge in [0, 0.05) is 28.0 Å². The van der Waals surface area contributed by atoms with Gasteiger partial charge >= 0.3 is 0 Å². The quantitative estimate of drug-likeness (QED) is 0.510. The van der Waals surface area contributed by atoms with Crippen LogP contribution in [0.25, 0.3) is 17.0 Å². The van der Waals surface area contributed by atoms with Gasteiger partial charge in [-0.2, -0.15) is 4.57 Å². The van der Waals surface area contributed by atoms with Gasteiger partial charge in [0.25, 0.3) is 0 Å². The van der Waals surface area contributed by atoms with Crippen molar-refractivity contribution in [1.82, 2.24) is 0 Å². The zero-order chi connectivity index (χ0) is 19.5. The van der Waals surface area contributed by atoms with Crippen molar-refractivity contribution < 1.29 is 26.7 Å². The van der Waals surface area contributed by atoms with Crippen LogP contribution in [0.15, 0.2) is 81.3 Å². The predicted molar refractivity (Wildman–Crippen MR) is 121 cm³/mol. The Morgan fingerprint density at radius 1 is 1.17 bits per heavy atom. The van der Waals surface area contributed by atoms with Crippen LogP contribution in [0.2, 0.25) is 0 Å². The number of fused-ring (bicyclic) bond motifs is 2. The highest BCUT2D eigenvalue weighted by molar-refractivity contribution is 9.10. The summed E-state index contributed by atoms with van der Waals surface area (Å²) in [5.74, 6) is 0. The minimum atomic E-state index is 0. The Labute approximate surface area is 194 Å². The molecular weight excluding hydrogens is 512 g/mol. The van der Waals surface area contributed by atoms with Gasteiger partial charge in [-0.1, -0.05) is 52.0 Å². The first-order valence-corrected chi connectivity index (χ1v) is 11.0. The van der Waals surface area contributed by atoms with Crippen molar-refractivity contribution in [3.05, 3.63) is 81.9 Å². The van der Waals surface area contributed by atoms with Gasteiger partial charge in [0.05, 0.1) is 16.1 Å². The molecule has 0 amide bonds. The number of aliphatic hydroxyl groups excluding tert-OH is 1. The second kappa shape index (κ2) is 9.94. The Morgan fingerprint density at radius 3 is 2.79 bits per heavy atom. The molecule has 4 rings (SSSR count). The van der Waals surface area contributed by atoms with E-state index in [2.05, 4.69) is 93.0 Å². The molecule has 1 aliphatic rings. The Morgan fingerprint density at radius 2 is 2.00 bits per heavy atom. The number of hydrogen-bond acceptors (Lipinski definition) is 3. The van der Waals surface area contributed by atoms with Crippen LogP contribution < -0.4 is 26.4 Å². The van der Waals surface area contributed by atoms with Crippen molar-refractivity contribution in [3.63, 3.8) is 0 Å². The second-order valence-corrected chi connectivity index (χ2v) is 8.51. The van der Waals surface area contributed by atoms with Crippen molar-refractivity contribution >= 4 is 50.4 Å². The van der Waals surface area contributed by atoms with Gasteiger partial charge < -0.3 is 27.0 Å². The van der Waals surface area contributed by atoms with Crippen LogP contribution in [0.3, 0.4) is 0 Å². The number of hydrogen-bond donors (Lipinski definition) is 1. The first-order chi connectivity index (χ1) is 13.7. The summed E-state index contributed by atoms with van der Waals surface area (Å²) in [6.45, 7) is 3.85. The zero-order valence-electron chi connectivity index (χ0n) is 16.1. The summed E-state index contributed by atoms with van der Waals surface area (Å²) in [6.07, 6.45) is 8.52. The Kier molecular flexibility index (Phi) is 7.57. The zero-order valence-corrected chi connectivity index (χ0v) is 20.0. The lowest BCUT2D eigenvalue weighted by atomic mass is 10.1. The van der Waals surface area contributed by atoms with Gasteiger partial charge in [0.2, 0.25) is 5.52 Å². The highest BCUT2D eigenvalue weighted by Crippen LogP contribution is 2.46. The molecule has 0 saturated carbocycles. The molecule has 0 saturated heterocycles. The molecule has 0 radical (unpaired) electrons. The van der Waals surface area contributed by atoms with Crippen molar-refractivity contribution in [2.24, 2.45) is 0 Å². The molecular formula is C23H22Br2N2OS. The topological polar surface area (TPSA) is 27.4 Å². The molecule has 29 heavy (non-hydrogen) atoms. The molecule has 0 aliphatic carbocycles. The summed E-state index contributed by atoms with van der Waals surface area (Å²) in [7, 11) is 0. The monoisotopic (exact) mass is 532 g/mol. The number of aliphatic hydroxyl groups is 1. The molecule has 6 heteroatoms. The molecule has 3 nitrogen and oxygen atoms in total. The summed E-state index contributed by atoms with van der Waals surface area (Å²) < 4.78 is 3.19. The molecule has 0 fully saturated rings. The number of rotatable bonds is 5. The number of nitrogens with zero attached hydrogens (tertiary/aromatic N) is 2. The minimum absolute atomic E-state index is 0. The molecule has 0 atom stereocenters. The fourth-order valence-electron chi connectivity index (χ4n) is 3.52. The van der Waals surface area contributed by atoms with Gasteiger partial charge in [-0.05, 0) is 42.8 Å². The molecule has 1 N–H and O–H groups in total. The van der Waals surface area contributed by atoms with Crippen LogP contribution >= 0.6 is 27.7 Å². The van der Waals surface area contributed by atoms with Crippen LogP contribution in [0.1, 0.15) is 12.5 Å². The van der Waals surface area contributed by atoms with Gasteiger partial charge in [0.1, 0.15) is 6.61 Å². The van der Waals surface area contributed by atoms with Gasteiger partial charge in [-0.15, -0.1) is 0 Å². The lowest BCUT2D eigenvalue weighted by Gasteiger charge is -2.17. The molecule has 150 valence electrons. The molecule has 0 unspecified atom stereocenters. The Hall–Kier alpha value is -1.60. The van der Waals surface area contributed by atoms with Crippen LogP contribution in [0, 0.1) is 0 Å². The summed E-state index contributed by atoms with van der Waals surface area (Å²) in [5, 5.41) is 11.7. The number of aromatic nitrogens is 1. The average Bonchev–Trinajstić information content (AvgIpc) is 3.06. The summed E-state index contributed by atoms with van der Waals surface area (Å²) in [4.78, 5) is 3.63. The lowest BCUT2D eigenvalue weighted by molar-refractivity contribution is -0.672. The molecule has 2 aromatic carbocycles. The fourth-order valence-corrected chi connectivity index (χ4v) is 4.98. The smallest absolute Gasteiger partial charge is 0.213 e. The normalized spacial score (nSPS) is 14.6. The van der Waals surface area contributed by atoms with Crippen molar-refractivity contribution in [2.45, 2.75) is 18.4 Å². The highest BCUT2D eigenvalue weighted by Gasteiger charge is 2.23. The van der Waals surface area contributed by atoms with Gasteiger partial charge in [-0.3, -0.25) is 0 Å². The molecule has 3 aromatic rings. The van der Waals surface area contributed by atoms with Crippen molar-refractivity contribution in [1.29, 1.82) is 0 Å². The van der Waals surface area contributed by atoms with E-state index in [1.165, 1.54) is 26.6 Å². The van der Waals surface area contributed by atoms with Gasteiger partial charge in [0.15, 0.2) is 12.7 Å². The van der Waals surface area contributed by atoms with E-state index >= 15 is 0 Å². The molecule has 2 heterocycles.